The molecule has 0 spiro atoms. The van der Waals surface area contributed by atoms with Crippen LogP contribution in [0.1, 0.15) is 0 Å². The summed E-state index contributed by atoms with van der Waals surface area (Å²) < 4.78 is 17.5. The van der Waals surface area contributed by atoms with E-state index in [0.717, 1.165) is 83.0 Å². The molecular formula is C54H32N2O2. The molecule has 0 N–H and O–H groups in total. The number of furan rings is 2. The predicted molar refractivity (Wildman–Crippen MR) is 241 cm³/mol. The van der Waals surface area contributed by atoms with E-state index in [1.54, 1.807) is 0 Å². The highest BCUT2D eigenvalue weighted by Crippen LogP contribution is 2.42. The normalized spacial score (nSPS) is 12.1. The summed E-state index contributed by atoms with van der Waals surface area (Å²) in [6.07, 6.45) is 0. The fraction of sp³-hybridized carbons (Fsp3) is 0. The van der Waals surface area contributed by atoms with Gasteiger partial charge in [0.25, 0.3) is 0 Å². The van der Waals surface area contributed by atoms with Gasteiger partial charge in [-0.25, -0.2) is 0 Å². The summed E-state index contributed by atoms with van der Waals surface area (Å²) in [6.45, 7) is 0. The van der Waals surface area contributed by atoms with Crippen molar-refractivity contribution in [3.8, 4) is 33.6 Å². The van der Waals surface area contributed by atoms with E-state index in [1.807, 2.05) is 18.2 Å². The van der Waals surface area contributed by atoms with Crippen molar-refractivity contribution in [1.29, 1.82) is 0 Å². The first kappa shape index (κ1) is 31.4. The van der Waals surface area contributed by atoms with Gasteiger partial charge in [-0.2, -0.15) is 0 Å². The highest BCUT2D eigenvalue weighted by Gasteiger charge is 2.20. The van der Waals surface area contributed by atoms with Crippen LogP contribution in [0.5, 0.6) is 0 Å². The van der Waals surface area contributed by atoms with Gasteiger partial charge in [-0.15, -0.1) is 0 Å². The fourth-order valence-corrected chi connectivity index (χ4v) is 9.56. The van der Waals surface area contributed by atoms with Crippen molar-refractivity contribution >= 4 is 87.5 Å². The zero-order chi connectivity index (χ0) is 37.9. The van der Waals surface area contributed by atoms with Gasteiger partial charge in [0.2, 0.25) is 0 Å². The van der Waals surface area contributed by atoms with Gasteiger partial charge in [-0.05, 0) is 101 Å². The molecule has 0 fully saturated rings. The van der Waals surface area contributed by atoms with Crippen molar-refractivity contribution in [2.45, 2.75) is 0 Å². The van der Waals surface area contributed by atoms with Crippen LogP contribution in [0.15, 0.2) is 203 Å². The van der Waals surface area contributed by atoms with Gasteiger partial charge in [0, 0.05) is 54.5 Å². The van der Waals surface area contributed by atoms with E-state index >= 15 is 0 Å². The average Bonchev–Trinajstić information content (AvgIpc) is 4.03. The summed E-state index contributed by atoms with van der Waals surface area (Å²) in [6, 6.07) is 69.8. The fourth-order valence-electron chi connectivity index (χ4n) is 9.56. The van der Waals surface area contributed by atoms with Crippen molar-refractivity contribution < 1.29 is 8.83 Å². The second-order valence-electron chi connectivity index (χ2n) is 15.3. The Kier molecular flexibility index (Phi) is 6.41. The van der Waals surface area contributed by atoms with Crippen LogP contribution < -0.4 is 0 Å². The predicted octanol–water partition coefficient (Wildman–Crippen LogP) is 15.0. The van der Waals surface area contributed by atoms with Gasteiger partial charge >= 0.3 is 0 Å². The Morgan fingerprint density at radius 2 is 0.741 bits per heavy atom. The Bertz CT molecular complexity index is 3760. The van der Waals surface area contributed by atoms with Gasteiger partial charge in [0.05, 0.1) is 22.1 Å². The van der Waals surface area contributed by atoms with Crippen LogP contribution in [0, 0.1) is 0 Å². The van der Waals surface area contributed by atoms with Gasteiger partial charge in [-0.1, -0.05) is 115 Å². The minimum atomic E-state index is 0.883. The number of benzene rings is 9. The van der Waals surface area contributed by atoms with Crippen molar-refractivity contribution in [2.75, 3.05) is 0 Å². The zero-order valence-electron chi connectivity index (χ0n) is 31.2. The van der Waals surface area contributed by atoms with Gasteiger partial charge in [0.15, 0.2) is 0 Å². The molecule has 4 aromatic heterocycles. The number of rotatable bonds is 4. The molecule has 4 heterocycles. The molecule has 13 aromatic rings. The second-order valence-corrected chi connectivity index (χ2v) is 15.3. The topological polar surface area (TPSA) is 36.1 Å². The second kappa shape index (κ2) is 11.8. The number of aromatic nitrogens is 2. The maximum Gasteiger partial charge on any atom is 0.136 e. The van der Waals surface area contributed by atoms with Crippen molar-refractivity contribution in [3.63, 3.8) is 0 Å². The van der Waals surface area contributed by atoms with E-state index in [9.17, 15) is 0 Å². The molecule has 9 aromatic carbocycles. The van der Waals surface area contributed by atoms with Crippen molar-refractivity contribution in [3.05, 3.63) is 194 Å². The summed E-state index contributed by atoms with van der Waals surface area (Å²) in [5.41, 5.74) is 15.0. The van der Waals surface area contributed by atoms with E-state index in [2.05, 4.69) is 185 Å². The quantitative estimate of drug-likeness (QED) is 0.180. The Hall–Kier alpha value is -7.82. The third-order valence-corrected chi connectivity index (χ3v) is 12.1. The highest BCUT2D eigenvalue weighted by molar-refractivity contribution is 6.14. The van der Waals surface area contributed by atoms with E-state index < -0.39 is 0 Å². The van der Waals surface area contributed by atoms with Crippen LogP contribution in [-0.4, -0.2) is 9.13 Å². The van der Waals surface area contributed by atoms with Crippen LogP contribution >= 0.6 is 0 Å². The standard InChI is InChI=1S/C54H32N2O2/c1-6-18-46-39(12-1)40-13-2-7-19-47(40)55(46)36-28-35(38-17-11-23-53-54(38)43-16-5-10-22-51(43)58-53)29-37(32-36)56-48-20-8-3-14-41(48)44-30-33(24-26-49(44)56)34-25-27-52-45(31-34)42-15-4-9-21-50(42)57-52/h1-32H. The number of fused-ring (bicyclic) bond motifs is 12. The van der Waals surface area contributed by atoms with Crippen LogP contribution in [0.2, 0.25) is 0 Å². The molecule has 0 aliphatic rings. The molecule has 0 aliphatic heterocycles. The van der Waals surface area contributed by atoms with Crippen molar-refractivity contribution in [2.24, 2.45) is 0 Å². The number of nitrogens with zero attached hydrogens (tertiary/aromatic N) is 2. The number of para-hydroxylation sites is 5. The van der Waals surface area contributed by atoms with Crippen LogP contribution in [-0.2, 0) is 0 Å². The molecule has 58 heavy (non-hydrogen) atoms. The van der Waals surface area contributed by atoms with E-state index in [1.165, 1.54) is 38.1 Å². The third kappa shape index (κ3) is 4.45. The molecule has 0 radical (unpaired) electrons. The lowest BCUT2D eigenvalue weighted by atomic mass is 9.98. The molecule has 4 heteroatoms. The first-order chi connectivity index (χ1) is 28.7. The number of hydrogen-bond acceptors (Lipinski definition) is 2. The molecule has 0 aliphatic carbocycles. The SMILES string of the molecule is c1ccc2c(c1)oc1ccc(-c3ccc4c(c3)c3ccccc3n4-c3cc(-c4cccc5oc6ccccc6c45)cc(-n4c5ccccc5c5ccccc54)c3)cc12. The molecule has 270 valence electrons. The molecule has 0 amide bonds. The summed E-state index contributed by atoms with van der Waals surface area (Å²) in [4.78, 5) is 0. The van der Waals surface area contributed by atoms with Crippen LogP contribution in [0.4, 0.5) is 0 Å². The van der Waals surface area contributed by atoms with Crippen LogP contribution in [0.3, 0.4) is 0 Å². The Labute approximate surface area is 332 Å². The lowest BCUT2D eigenvalue weighted by Crippen LogP contribution is -2.00. The smallest absolute Gasteiger partial charge is 0.136 e. The Morgan fingerprint density at radius 1 is 0.276 bits per heavy atom. The Morgan fingerprint density at radius 3 is 1.41 bits per heavy atom. The molecular weight excluding hydrogens is 709 g/mol. The molecule has 0 saturated carbocycles. The average molecular weight is 741 g/mol. The van der Waals surface area contributed by atoms with E-state index in [4.69, 9.17) is 8.83 Å². The first-order valence-electron chi connectivity index (χ1n) is 19.7. The van der Waals surface area contributed by atoms with Crippen LogP contribution in [0.25, 0.3) is 121 Å². The monoisotopic (exact) mass is 740 g/mol. The molecule has 13 rings (SSSR count). The maximum atomic E-state index is 6.42. The largest absolute Gasteiger partial charge is 0.456 e. The van der Waals surface area contributed by atoms with E-state index in [0.29, 0.717) is 0 Å². The molecule has 0 unspecified atom stereocenters. The zero-order valence-corrected chi connectivity index (χ0v) is 31.2. The lowest BCUT2D eigenvalue weighted by Gasteiger charge is -2.16. The van der Waals surface area contributed by atoms with Gasteiger partial charge in [-0.3, -0.25) is 0 Å². The molecule has 4 nitrogen and oxygen atoms in total. The molecule has 0 bridgehead atoms. The summed E-state index contributed by atoms with van der Waals surface area (Å²) in [7, 11) is 0. The highest BCUT2D eigenvalue weighted by atomic mass is 16.3. The van der Waals surface area contributed by atoms with E-state index in [-0.39, 0.29) is 0 Å². The summed E-state index contributed by atoms with van der Waals surface area (Å²) in [5.74, 6) is 0. The minimum Gasteiger partial charge on any atom is -0.456 e. The maximum absolute atomic E-state index is 6.42. The van der Waals surface area contributed by atoms with Gasteiger partial charge < -0.3 is 18.0 Å². The number of hydrogen-bond donors (Lipinski definition) is 0. The minimum absolute atomic E-state index is 0.883. The first-order valence-corrected chi connectivity index (χ1v) is 19.7. The Balaban J connectivity index is 1.09. The lowest BCUT2D eigenvalue weighted by molar-refractivity contribution is 0.668. The molecule has 0 atom stereocenters. The summed E-state index contributed by atoms with van der Waals surface area (Å²) in [5, 5.41) is 9.39. The summed E-state index contributed by atoms with van der Waals surface area (Å²) >= 11 is 0. The van der Waals surface area contributed by atoms with Gasteiger partial charge in [0.1, 0.15) is 22.3 Å². The van der Waals surface area contributed by atoms with Crippen molar-refractivity contribution in [1.82, 2.24) is 9.13 Å². The third-order valence-electron chi connectivity index (χ3n) is 12.1. The molecule has 0 saturated heterocycles.